The summed E-state index contributed by atoms with van der Waals surface area (Å²) in [7, 11) is 5.40. The molecule has 104 valence electrons. The second-order valence-electron chi connectivity index (χ2n) is 5.01. The van der Waals surface area contributed by atoms with Crippen LogP contribution < -0.4 is 10.5 Å². The van der Waals surface area contributed by atoms with E-state index in [2.05, 4.69) is 23.9 Å². The van der Waals surface area contributed by atoms with E-state index in [1.807, 2.05) is 25.6 Å². The van der Waals surface area contributed by atoms with Crippen molar-refractivity contribution in [3.8, 4) is 17.1 Å². The molecule has 0 fully saturated rings. The normalized spacial score (nSPS) is 11.3. The molecule has 0 saturated heterocycles. The van der Waals surface area contributed by atoms with Crippen LogP contribution in [-0.4, -0.2) is 26.4 Å². The Balaban J connectivity index is 2.69. The fourth-order valence-corrected chi connectivity index (χ4v) is 2.37. The zero-order valence-electron chi connectivity index (χ0n) is 12.4. The number of aryl methyl sites for hydroxylation is 2. The van der Waals surface area contributed by atoms with Crippen molar-refractivity contribution in [1.29, 1.82) is 0 Å². The molecule has 19 heavy (non-hydrogen) atoms. The van der Waals surface area contributed by atoms with Crippen LogP contribution in [0.2, 0.25) is 0 Å². The lowest BCUT2D eigenvalue weighted by Gasteiger charge is -2.05. The molecule has 0 aliphatic heterocycles. The number of nitrogens with two attached hydrogens (primary N) is 1. The molecular formula is C13H21N5O. The minimum Gasteiger partial charge on any atom is -0.481 e. The SMILES string of the molecule is COc1c(-c2nc(C(C)C)n(C)c2N)c(C)nn1C. The number of rotatable bonds is 3. The fraction of sp³-hybridized carbons (Fsp3) is 0.538. The average Bonchev–Trinajstić information content (AvgIpc) is 2.78. The largest absolute Gasteiger partial charge is 0.481 e. The van der Waals surface area contributed by atoms with E-state index in [0.717, 1.165) is 22.8 Å². The lowest BCUT2D eigenvalue weighted by Crippen LogP contribution is -2.03. The third kappa shape index (κ3) is 1.97. The number of nitrogens with zero attached hydrogens (tertiary/aromatic N) is 4. The van der Waals surface area contributed by atoms with Gasteiger partial charge in [0.05, 0.1) is 18.4 Å². The van der Waals surface area contributed by atoms with Crippen molar-refractivity contribution in [2.24, 2.45) is 14.1 Å². The van der Waals surface area contributed by atoms with Crippen molar-refractivity contribution < 1.29 is 4.74 Å². The molecule has 2 aromatic rings. The van der Waals surface area contributed by atoms with Gasteiger partial charge in [-0.1, -0.05) is 13.8 Å². The fourth-order valence-electron chi connectivity index (χ4n) is 2.37. The minimum absolute atomic E-state index is 0.309. The van der Waals surface area contributed by atoms with Gasteiger partial charge in [-0.05, 0) is 6.92 Å². The van der Waals surface area contributed by atoms with Crippen molar-refractivity contribution in [1.82, 2.24) is 19.3 Å². The molecule has 0 unspecified atom stereocenters. The predicted molar refractivity (Wildman–Crippen MR) is 75.2 cm³/mol. The second kappa shape index (κ2) is 4.60. The van der Waals surface area contributed by atoms with Gasteiger partial charge in [0.25, 0.3) is 0 Å². The van der Waals surface area contributed by atoms with Crippen molar-refractivity contribution in [3.05, 3.63) is 11.5 Å². The number of hydrogen-bond donors (Lipinski definition) is 1. The maximum absolute atomic E-state index is 6.18. The van der Waals surface area contributed by atoms with Crippen LogP contribution in [0.15, 0.2) is 0 Å². The molecule has 6 nitrogen and oxygen atoms in total. The molecule has 0 aliphatic carbocycles. The molecule has 0 bridgehead atoms. The molecule has 2 heterocycles. The molecule has 2 N–H and O–H groups in total. The smallest absolute Gasteiger partial charge is 0.221 e. The standard InChI is InChI=1S/C13H21N5O/c1-7(2)12-15-10(11(14)17(12)4)9-8(3)16-18(5)13(9)19-6/h7H,14H2,1-6H3. The highest BCUT2D eigenvalue weighted by Gasteiger charge is 2.23. The molecular weight excluding hydrogens is 242 g/mol. The van der Waals surface area contributed by atoms with E-state index in [9.17, 15) is 0 Å². The van der Waals surface area contributed by atoms with Gasteiger partial charge in [-0.25, -0.2) is 9.67 Å². The van der Waals surface area contributed by atoms with Gasteiger partial charge in [0.1, 0.15) is 17.3 Å². The van der Waals surface area contributed by atoms with E-state index >= 15 is 0 Å². The Morgan fingerprint density at radius 1 is 1.26 bits per heavy atom. The summed E-state index contributed by atoms with van der Waals surface area (Å²) < 4.78 is 9.04. The van der Waals surface area contributed by atoms with Crippen molar-refractivity contribution in [2.75, 3.05) is 12.8 Å². The third-order valence-electron chi connectivity index (χ3n) is 3.29. The molecule has 6 heteroatoms. The molecule has 0 radical (unpaired) electrons. The van der Waals surface area contributed by atoms with Crippen LogP contribution in [0.1, 0.15) is 31.3 Å². The first-order valence-electron chi connectivity index (χ1n) is 6.28. The Labute approximate surface area is 113 Å². The molecule has 0 atom stereocenters. The number of imidazole rings is 1. The maximum atomic E-state index is 6.18. The van der Waals surface area contributed by atoms with Gasteiger partial charge in [-0.2, -0.15) is 5.10 Å². The van der Waals surface area contributed by atoms with Gasteiger partial charge in [-0.15, -0.1) is 0 Å². The van der Waals surface area contributed by atoms with E-state index in [4.69, 9.17) is 10.5 Å². The highest BCUT2D eigenvalue weighted by atomic mass is 16.5. The van der Waals surface area contributed by atoms with Gasteiger partial charge in [0.2, 0.25) is 5.88 Å². The number of ether oxygens (including phenoxy) is 1. The summed E-state index contributed by atoms with van der Waals surface area (Å²) in [4.78, 5) is 4.67. The third-order valence-corrected chi connectivity index (χ3v) is 3.29. The molecule has 0 aliphatic rings. The summed E-state index contributed by atoms with van der Waals surface area (Å²) in [5, 5.41) is 4.37. The molecule has 0 spiro atoms. The van der Waals surface area contributed by atoms with E-state index in [0.29, 0.717) is 17.6 Å². The second-order valence-corrected chi connectivity index (χ2v) is 5.01. The number of aromatic nitrogens is 4. The monoisotopic (exact) mass is 263 g/mol. The lowest BCUT2D eigenvalue weighted by molar-refractivity contribution is 0.374. The average molecular weight is 263 g/mol. The van der Waals surface area contributed by atoms with Crippen LogP contribution in [-0.2, 0) is 14.1 Å². The molecule has 0 saturated carbocycles. The summed E-state index contributed by atoms with van der Waals surface area (Å²) in [6.07, 6.45) is 0. The first-order valence-corrected chi connectivity index (χ1v) is 6.28. The Morgan fingerprint density at radius 2 is 1.89 bits per heavy atom. The predicted octanol–water partition coefficient (Wildman–Crippen LogP) is 1.84. The van der Waals surface area contributed by atoms with Crippen LogP contribution in [0.4, 0.5) is 5.82 Å². The maximum Gasteiger partial charge on any atom is 0.221 e. The zero-order valence-corrected chi connectivity index (χ0v) is 12.4. The summed E-state index contributed by atoms with van der Waals surface area (Å²) in [5.74, 6) is 2.58. The van der Waals surface area contributed by atoms with E-state index in [1.54, 1.807) is 11.8 Å². The lowest BCUT2D eigenvalue weighted by atomic mass is 10.2. The Morgan fingerprint density at radius 3 is 2.37 bits per heavy atom. The number of anilines is 1. The van der Waals surface area contributed by atoms with Gasteiger partial charge in [-0.3, -0.25) is 0 Å². The highest BCUT2D eigenvalue weighted by molar-refractivity contribution is 5.77. The topological polar surface area (TPSA) is 70.9 Å². The summed E-state index contributed by atoms with van der Waals surface area (Å²) in [5.41, 5.74) is 8.65. The number of methoxy groups -OCH3 is 1. The first kappa shape index (κ1) is 13.5. The Kier molecular flexibility index (Phi) is 3.26. The van der Waals surface area contributed by atoms with Crippen molar-refractivity contribution in [3.63, 3.8) is 0 Å². The zero-order chi connectivity index (χ0) is 14.3. The van der Waals surface area contributed by atoms with Gasteiger partial charge in [0.15, 0.2) is 0 Å². The quantitative estimate of drug-likeness (QED) is 0.917. The molecule has 2 rings (SSSR count). The summed E-state index contributed by atoms with van der Waals surface area (Å²) >= 11 is 0. The number of hydrogen-bond acceptors (Lipinski definition) is 4. The van der Waals surface area contributed by atoms with Gasteiger partial charge >= 0.3 is 0 Å². The van der Waals surface area contributed by atoms with E-state index in [1.165, 1.54) is 0 Å². The van der Waals surface area contributed by atoms with Crippen LogP contribution in [0, 0.1) is 6.92 Å². The van der Waals surface area contributed by atoms with E-state index < -0.39 is 0 Å². The first-order chi connectivity index (χ1) is 8.88. The summed E-state index contributed by atoms with van der Waals surface area (Å²) in [6, 6.07) is 0. The van der Waals surface area contributed by atoms with Crippen LogP contribution in [0.3, 0.4) is 0 Å². The van der Waals surface area contributed by atoms with Crippen molar-refractivity contribution in [2.45, 2.75) is 26.7 Å². The van der Waals surface area contributed by atoms with Gasteiger partial charge < -0.3 is 15.0 Å². The highest BCUT2D eigenvalue weighted by Crippen LogP contribution is 2.36. The molecule has 2 aromatic heterocycles. The van der Waals surface area contributed by atoms with E-state index in [-0.39, 0.29) is 0 Å². The Bertz CT molecular complexity index is 609. The minimum atomic E-state index is 0.309. The van der Waals surface area contributed by atoms with Crippen LogP contribution in [0.5, 0.6) is 5.88 Å². The van der Waals surface area contributed by atoms with Crippen molar-refractivity contribution >= 4 is 5.82 Å². The van der Waals surface area contributed by atoms with Gasteiger partial charge in [0, 0.05) is 20.0 Å². The molecule has 0 amide bonds. The summed E-state index contributed by atoms with van der Waals surface area (Å²) in [6.45, 7) is 6.12. The Hall–Kier alpha value is -1.98. The van der Waals surface area contributed by atoms with Crippen LogP contribution >= 0.6 is 0 Å². The van der Waals surface area contributed by atoms with Crippen LogP contribution in [0.25, 0.3) is 11.3 Å². The number of nitrogen functional groups attached to an aromatic ring is 1. The molecule has 0 aromatic carbocycles.